The highest BCUT2D eigenvalue weighted by Gasteiger charge is 2.41. The van der Waals surface area contributed by atoms with Crippen molar-refractivity contribution in [1.29, 1.82) is 0 Å². The summed E-state index contributed by atoms with van der Waals surface area (Å²) in [7, 11) is 1.58. The van der Waals surface area contributed by atoms with Crippen LogP contribution in [0.25, 0.3) is 0 Å². The highest BCUT2D eigenvalue weighted by Crippen LogP contribution is 2.36. The van der Waals surface area contributed by atoms with E-state index >= 15 is 0 Å². The van der Waals surface area contributed by atoms with Crippen molar-refractivity contribution in [2.75, 3.05) is 17.7 Å². The Morgan fingerprint density at radius 1 is 1.26 bits per heavy atom. The molecular weight excluding hydrogens is 344 g/mol. The number of methoxy groups -OCH3 is 1. The number of fused-ring (bicyclic) bond motifs is 1. The average Bonchev–Trinajstić information content (AvgIpc) is 3.15. The Balaban J connectivity index is 1.72. The number of hydrogen-bond acceptors (Lipinski definition) is 6. The van der Waals surface area contributed by atoms with Gasteiger partial charge >= 0.3 is 0 Å². The van der Waals surface area contributed by atoms with E-state index < -0.39 is 5.92 Å². The number of rotatable bonds is 4. The lowest BCUT2D eigenvalue weighted by molar-refractivity contribution is -0.121. The van der Waals surface area contributed by atoms with Crippen LogP contribution in [-0.4, -0.2) is 38.8 Å². The highest BCUT2D eigenvalue weighted by atomic mass is 16.5. The summed E-state index contributed by atoms with van der Waals surface area (Å²) in [6.07, 6.45) is 4.96. The molecule has 8 nitrogen and oxygen atoms in total. The van der Waals surface area contributed by atoms with Crippen molar-refractivity contribution < 1.29 is 9.53 Å². The van der Waals surface area contributed by atoms with Gasteiger partial charge in [0.1, 0.15) is 12.1 Å². The van der Waals surface area contributed by atoms with Crippen LogP contribution >= 0.6 is 0 Å². The van der Waals surface area contributed by atoms with E-state index in [1.165, 1.54) is 6.33 Å². The van der Waals surface area contributed by atoms with E-state index in [-0.39, 0.29) is 18.0 Å². The first kappa shape index (κ1) is 17.0. The molecule has 8 heteroatoms. The zero-order valence-corrected chi connectivity index (χ0v) is 15.0. The summed E-state index contributed by atoms with van der Waals surface area (Å²) in [5.74, 6) is 0.696. The largest absolute Gasteiger partial charge is 0.495 e. The Morgan fingerprint density at radius 2 is 2.11 bits per heavy atom. The zero-order chi connectivity index (χ0) is 18.8. The summed E-state index contributed by atoms with van der Waals surface area (Å²) >= 11 is 0. The molecule has 0 aliphatic carbocycles. The summed E-state index contributed by atoms with van der Waals surface area (Å²) in [6, 6.07) is 10.7. The Kier molecular flexibility index (Phi) is 4.45. The molecule has 27 heavy (non-hydrogen) atoms. The third-order valence-electron chi connectivity index (χ3n) is 4.77. The lowest BCUT2D eigenvalue weighted by Gasteiger charge is -2.36. The van der Waals surface area contributed by atoms with E-state index in [1.54, 1.807) is 24.2 Å². The standard InChI is InChI=1S/C19H20N6O2/c1-12-16(18(26)24-14-7-3-4-8-15(14)27-2)17(13-6-5-9-20-10-13)25-19(23-12)21-11-22-25/h3-12,16-17H,1-2H3,(H,24,26)(H,21,22,23)/t12-,16-,17+/m1/s1. The number of carbonyl (C=O) groups excluding carboxylic acids is 1. The van der Waals surface area contributed by atoms with Gasteiger partial charge in [-0.1, -0.05) is 18.2 Å². The van der Waals surface area contributed by atoms with Gasteiger partial charge in [-0.15, -0.1) is 0 Å². The number of pyridine rings is 1. The van der Waals surface area contributed by atoms with Gasteiger partial charge in [0.2, 0.25) is 11.9 Å². The van der Waals surface area contributed by atoms with Crippen molar-refractivity contribution >= 4 is 17.5 Å². The Bertz CT molecular complexity index is 942. The van der Waals surface area contributed by atoms with Gasteiger partial charge in [-0.05, 0) is 30.7 Å². The number of hydrogen-bond donors (Lipinski definition) is 2. The topological polar surface area (TPSA) is 94.0 Å². The number of carbonyl (C=O) groups is 1. The number of aromatic nitrogens is 4. The molecule has 3 heterocycles. The quantitative estimate of drug-likeness (QED) is 0.738. The molecule has 1 amide bonds. The molecule has 138 valence electrons. The maximum absolute atomic E-state index is 13.3. The van der Waals surface area contributed by atoms with Crippen molar-refractivity contribution in [3.63, 3.8) is 0 Å². The van der Waals surface area contributed by atoms with Crippen LogP contribution in [0.15, 0.2) is 55.1 Å². The van der Waals surface area contributed by atoms with Crippen molar-refractivity contribution in [3.05, 3.63) is 60.7 Å². The predicted octanol–water partition coefficient (Wildman–Crippen LogP) is 2.34. The number of nitrogens with zero attached hydrogens (tertiary/aromatic N) is 4. The predicted molar refractivity (Wildman–Crippen MR) is 101 cm³/mol. The smallest absolute Gasteiger partial charge is 0.232 e. The number of anilines is 2. The van der Waals surface area contributed by atoms with E-state index in [1.807, 2.05) is 43.3 Å². The van der Waals surface area contributed by atoms with Crippen molar-refractivity contribution in [2.45, 2.75) is 19.0 Å². The van der Waals surface area contributed by atoms with Gasteiger partial charge < -0.3 is 15.4 Å². The minimum atomic E-state index is -0.423. The van der Waals surface area contributed by atoms with Gasteiger partial charge in [-0.25, -0.2) is 4.68 Å². The van der Waals surface area contributed by atoms with Gasteiger partial charge in [-0.3, -0.25) is 9.78 Å². The fourth-order valence-electron chi connectivity index (χ4n) is 3.51. The molecule has 0 saturated heterocycles. The molecule has 1 aliphatic rings. The first-order chi connectivity index (χ1) is 13.2. The zero-order valence-electron chi connectivity index (χ0n) is 15.0. The number of amides is 1. The van der Waals surface area contributed by atoms with Crippen molar-refractivity contribution in [2.24, 2.45) is 5.92 Å². The summed E-state index contributed by atoms with van der Waals surface area (Å²) < 4.78 is 7.09. The molecule has 3 atom stereocenters. The lowest BCUT2D eigenvalue weighted by Crippen LogP contribution is -2.46. The van der Waals surface area contributed by atoms with E-state index in [4.69, 9.17) is 4.74 Å². The molecule has 2 aromatic heterocycles. The normalized spacial score (nSPS) is 21.0. The summed E-state index contributed by atoms with van der Waals surface area (Å²) in [5, 5.41) is 10.6. The fraction of sp³-hybridized carbons (Fsp3) is 0.263. The number of para-hydroxylation sites is 2. The second-order valence-electron chi connectivity index (χ2n) is 6.41. The highest BCUT2D eigenvalue weighted by molar-refractivity contribution is 5.95. The lowest BCUT2D eigenvalue weighted by atomic mass is 9.86. The molecule has 2 N–H and O–H groups in total. The van der Waals surface area contributed by atoms with Crippen LogP contribution in [0.1, 0.15) is 18.5 Å². The van der Waals surface area contributed by atoms with Gasteiger partial charge in [-0.2, -0.15) is 10.1 Å². The van der Waals surface area contributed by atoms with Crippen molar-refractivity contribution in [3.8, 4) is 5.75 Å². The first-order valence-corrected chi connectivity index (χ1v) is 8.69. The van der Waals surface area contributed by atoms with Crippen LogP contribution in [0.3, 0.4) is 0 Å². The number of ether oxygens (including phenoxy) is 1. The van der Waals surface area contributed by atoms with Crippen LogP contribution in [0, 0.1) is 5.92 Å². The van der Waals surface area contributed by atoms with E-state index in [2.05, 4.69) is 25.7 Å². The summed E-state index contributed by atoms with van der Waals surface area (Å²) in [4.78, 5) is 21.7. The Labute approximate surface area is 156 Å². The maximum atomic E-state index is 13.3. The SMILES string of the molecule is COc1ccccc1NC(=O)[C@@H]1[C@@H](C)Nc2ncnn2[C@H]1c1cccnc1. The van der Waals surface area contributed by atoms with E-state index in [0.29, 0.717) is 17.4 Å². The third kappa shape index (κ3) is 3.10. The molecule has 0 unspecified atom stereocenters. The molecule has 0 radical (unpaired) electrons. The van der Waals surface area contributed by atoms with Crippen LogP contribution < -0.4 is 15.4 Å². The van der Waals surface area contributed by atoms with Gasteiger partial charge in [0.15, 0.2) is 0 Å². The second-order valence-corrected chi connectivity index (χ2v) is 6.41. The fourth-order valence-corrected chi connectivity index (χ4v) is 3.51. The molecule has 4 rings (SSSR count). The molecule has 0 saturated carbocycles. The van der Waals surface area contributed by atoms with Gasteiger partial charge in [0, 0.05) is 18.4 Å². The number of benzene rings is 1. The van der Waals surface area contributed by atoms with Gasteiger partial charge in [0.25, 0.3) is 0 Å². The van der Waals surface area contributed by atoms with E-state index in [0.717, 1.165) is 5.56 Å². The number of nitrogens with one attached hydrogen (secondary N) is 2. The molecular formula is C19H20N6O2. The van der Waals surface area contributed by atoms with Crippen LogP contribution in [-0.2, 0) is 4.79 Å². The van der Waals surface area contributed by atoms with E-state index in [9.17, 15) is 4.79 Å². The summed E-state index contributed by atoms with van der Waals surface area (Å²) in [6.45, 7) is 1.97. The minimum absolute atomic E-state index is 0.130. The van der Waals surface area contributed by atoms with Crippen LogP contribution in [0.4, 0.5) is 11.6 Å². The van der Waals surface area contributed by atoms with Gasteiger partial charge in [0.05, 0.1) is 24.8 Å². The Hall–Kier alpha value is -3.42. The average molecular weight is 364 g/mol. The van der Waals surface area contributed by atoms with Crippen molar-refractivity contribution in [1.82, 2.24) is 19.7 Å². The molecule has 3 aromatic rings. The first-order valence-electron chi connectivity index (χ1n) is 8.69. The monoisotopic (exact) mass is 364 g/mol. The molecule has 0 bridgehead atoms. The van der Waals surface area contributed by atoms with Crippen LogP contribution in [0.2, 0.25) is 0 Å². The molecule has 0 spiro atoms. The maximum Gasteiger partial charge on any atom is 0.232 e. The minimum Gasteiger partial charge on any atom is -0.495 e. The molecule has 0 fully saturated rings. The molecule has 1 aliphatic heterocycles. The van der Waals surface area contributed by atoms with Crippen LogP contribution in [0.5, 0.6) is 5.75 Å². The summed E-state index contributed by atoms with van der Waals surface area (Å²) in [5.41, 5.74) is 1.53. The third-order valence-corrected chi connectivity index (χ3v) is 4.77. The Morgan fingerprint density at radius 3 is 2.89 bits per heavy atom. The molecule has 1 aromatic carbocycles. The second kappa shape index (κ2) is 7.06.